The van der Waals surface area contributed by atoms with Gasteiger partial charge in [0.1, 0.15) is 0 Å². The van der Waals surface area contributed by atoms with Crippen LogP contribution in [0.3, 0.4) is 0 Å². The van der Waals surface area contributed by atoms with Crippen LogP contribution in [0.2, 0.25) is 0 Å². The van der Waals surface area contributed by atoms with Crippen LogP contribution in [0.15, 0.2) is 24.4 Å². The maximum absolute atomic E-state index is 8.67. The van der Waals surface area contributed by atoms with Crippen molar-refractivity contribution >= 4 is 12.6 Å². The fourth-order valence-electron chi connectivity index (χ4n) is 0.667. The summed E-state index contributed by atoms with van der Waals surface area (Å²) < 4.78 is 0. The van der Waals surface area contributed by atoms with E-state index in [9.17, 15) is 0 Å². The van der Waals surface area contributed by atoms with E-state index in [1.54, 1.807) is 6.20 Å². The molecule has 1 atom stereocenters. The van der Waals surface area contributed by atoms with Crippen LogP contribution in [0.25, 0.3) is 0 Å². The Morgan fingerprint density at radius 2 is 2.40 bits per heavy atom. The van der Waals surface area contributed by atoms with Crippen molar-refractivity contribution in [1.82, 2.24) is 4.98 Å². The van der Waals surface area contributed by atoms with Crippen molar-refractivity contribution in [3.8, 4) is 0 Å². The van der Waals surface area contributed by atoms with Gasteiger partial charge in [0.25, 0.3) is 0 Å². The first kappa shape index (κ1) is 7.57. The van der Waals surface area contributed by atoms with E-state index in [-0.39, 0.29) is 11.9 Å². The van der Waals surface area contributed by atoms with Gasteiger partial charge in [-0.15, -0.1) is 0 Å². The monoisotopic (exact) mass is 155 g/mol. The Labute approximate surface area is 65.3 Å². The third-order valence-electron chi connectivity index (χ3n) is 1.20. The van der Waals surface area contributed by atoms with Crippen LogP contribution in [-0.2, 0) is 0 Å². The quantitative estimate of drug-likeness (QED) is 0.626. The van der Waals surface area contributed by atoms with Crippen molar-refractivity contribution in [3.63, 3.8) is 0 Å². The highest BCUT2D eigenvalue weighted by Gasteiger charge is 2.03. The number of thiol groups is 1. The molecule has 54 valence electrons. The summed E-state index contributed by atoms with van der Waals surface area (Å²) in [6, 6.07) is 5.55. The molecular formula is C7H9NOS. The van der Waals surface area contributed by atoms with Crippen molar-refractivity contribution < 1.29 is 5.11 Å². The van der Waals surface area contributed by atoms with Gasteiger partial charge in [-0.1, -0.05) is 6.07 Å². The molecule has 1 unspecified atom stereocenters. The summed E-state index contributed by atoms with van der Waals surface area (Å²) in [5, 5.41) is 8.52. The number of rotatable bonds is 2. The van der Waals surface area contributed by atoms with E-state index in [1.807, 2.05) is 18.2 Å². The van der Waals surface area contributed by atoms with E-state index in [2.05, 4.69) is 17.6 Å². The molecular weight excluding hydrogens is 146 g/mol. The van der Waals surface area contributed by atoms with Gasteiger partial charge in [-0.2, -0.15) is 12.6 Å². The number of pyridine rings is 1. The fourth-order valence-corrected chi connectivity index (χ4v) is 0.819. The molecule has 0 fully saturated rings. The molecule has 0 saturated carbocycles. The molecule has 0 aliphatic heterocycles. The van der Waals surface area contributed by atoms with Crippen molar-refractivity contribution in [3.05, 3.63) is 30.1 Å². The average molecular weight is 155 g/mol. The highest BCUT2D eigenvalue weighted by Crippen LogP contribution is 2.14. The zero-order valence-corrected chi connectivity index (χ0v) is 6.33. The Bertz CT molecular complexity index is 190. The Morgan fingerprint density at radius 1 is 1.60 bits per heavy atom. The van der Waals surface area contributed by atoms with Gasteiger partial charge in [0, 0.05) is 6.20 Å². The second-order valence-corrected chi connectivity index (χ2v) is 2.58. The number of nitrogens with zero attached hydrogens (tertiary/aromatic N) is 1. The summed E-state index contributed by atoms with van der Waals surface area (Å²) in [5.41, 5.74) is 0.813. The lowest BCUT2D eigenvalue weighted by Crippen LogP contribution is -1.97. The van der Waals surface area contributed by atoms with E-state index >= 15 is 0 Å². The minimum Gasteiger partial charge on any atom is -0.395 e. The molecule has 0 radical (unpaired) electrons. The van der Waals surface area contributed by atoms with Crippen LogP contribution in [-0.4, -0.2) is 16.7 Å². The lowest BCUT2D eigenvalue weighted by atomic mass is 10.3. The molecule has 1 heterocycles. The van der Waals surface area contributed by atoms with Gasteiger partial charge < -0.3 is 5.11 Å². The molecule has 0 aliphatic carbocycles. The highest BCUT2D eigenvalue weighted by atomic mass is 32.1. The van der Waals surface area contributed by atoms with Crippen molar-refractivity contribution in [2.24, 2.45) is 0 Å². The summed E-state index contributed by atoms with van der Waals surface area (Å²) in [5.74, 6) is 0. The zero-order chi connectivity index (χ0) is 7.40. The molecule has 1 N–H and O–H groups in total. The molecule has 0 bridgehead atoms. The van der Waals surface area contributed by atoms with Gasteiger partial charge in [-0.3, -0.25) is 4.98 Å². The molecule has 1 aromatic heterocycles. The lowest BCUT2D eigenvalue weighted by molar-refractivity contribution is 0.295. The van der Waals surface area contributed by atoms with Crippen molar-refractivity contribution in [1.29, 1.82) is 0 Å². The van der Waals surface area contributed by atoms with Gasteiger partial charge >= 0.3 is 0 Å². The standard InChI is InChI=1S/C7H9NOS/c9-5-7(10)6-3-1-2-4-8-6/h1-4,7,9-10H,5H2. The average Bonchev–Trinajstić information content (AvgIpc) is 2.05. The number of aromatic nitrogens is 1. The Balaban J connectivity index is 2.75. The normalized spacial score (nSPS) is 13.0. The summed E-state index contributed by atoms with van der Waals surface area (Å²) in [4.78, 5) is 4.01. The number of hydrogen-bond donors (Lipinski definition) is 2. The first-order valence-electron chi connectivity index (χ1n) is 3.04. The largest absolute Gasteiger partial charge is 0.395 e. The Morgan fingerprint density at radius 3 is 2.90 bits per heavy atom. The first-order valence-corrected chi connectivity index (χ1v) is 3.56. The number of aliphatic hydroxyl groups excluding tert-OH is 1. The van der Waals surface area contributed by atoms with Crippen LogP contribution in [0.5, 0.6) is 0 Å². The molecule has 0 spiro atoms. The van der Waals surface area contributed by atoms with Gasteiger partial charge in [-0.05, 0) is 12.1 Å². The van der Waals surface area contributed by atoms with Crippen molar-refractivity contribution in [2.75, 3.05) is 6.61 Å². The third-order valence-corrected chi connectivity index (χ3v) is 1.63. The fraction of sp³-hybridized carbons (Fsp3) is 0.286. The number of aliphatic hydroxyl groups is 1. The van der Waals surface area contributed by atoms with Crippen LogP contribution in [0.1, 0.15) is 10.9 Å². The number of hydrogen-bond acceptors (Lipinski definition) is 3. The van der Waals surface area contributed by atoms with Crippen LogP contribution in [0.4, 0.5) is 0 Å². The summed E-state index contributed by atoms with van der Waals surface area (Å²) >= 11 is 4.11. The summed E-state index contributed by atoms with van der Waals surface area (Å²) in [7, 11) is 0. The maximum Gasteiger partial charge on any atom is 0.0670 e. The lowest BCUT2D eigenvalue weighted by Gasteiger charge is -2.03. The van der Waals surface area contributed by atoms with E-state index in [0.29, 0.717) is 0 Å². The van der Waals surface area contributed by atoms with Crippen LogP contribution >= 0.6 is 12.6 Å². The minimum atomic E-state index is -0.152. The first-order chi connectivity index (χ1) is 4.84. The molecule has 10 heavy (non-hydrogen) atoms. The molecule has 2 nitrogen and oxygen atoms in total. The molecule has 1 rings (SSSR count). The molecule has 0 amide bonds. The van der Waals surface area contributed by atoms with Gasteiger partial charge in [0.2, 0.25) is 0 Å². The van der Waals surface area contributed by atoms with Gasteiger partial charge in [-0.25, -0.2) is 0 Å². The Hall–Kier alpha value is -0.540. The molecule has 1 aromatic rings. The van der Waals surface area contributed by atoms with Gasteiger partial charge in [0.05, 0.1) is 17.6 Å². The van der Waals surface area contributed by atoms with E-state index in [0.717, 1.165) is 5.69 Å². The van der Waals surface area contributed by atoms with Crippen molar-refractivity contribution in [2.45, 2.75) is 5.25 Å². The van der Waals surface area contributed by atoms with Gasteiger partial charge in [0.15, 0.2) is 0 Å². The highest BCUT2D eigenvalue weighted by molar-refractivity contribution is 7.80. The third kappa shape index (κ3) is 1.72. The predicted molar refractivity (Wildman–Crippen MR) is 43.0 cm³/mol. The van der Waals surface area contributed by atoms with E-state index < -0.39 is 0 Å². The van der Waals surface area contributed by atoms with E-state index in [4.69, 9.17) is 5.11 Å². The maximum atomic E-state index is 8.67. The molecule has 0 saturated heterocycles. The minimum absolute atomic E-state index is 0.0279. The second-order valence-electron chi connectivity index (χ2n) is 1.95. The smallest absolute Gasteiger partial charge is 0.0670 e. The van der Waals surface area contributed by atoms with E-state index in [1.165, 1.54) is 0 Å². The molecule has 0 aromatic carbocycles. The Kier molecular flexibility index (Phi) is 2.71. The summed E-state index contributed by atoms with van der Waals surface area (Å²) in [6.07, 6.45) is 1.69. The van der Waals surface area contributed by atoms with Crippen LogP contribution < -0.4 is 0 Å². The molecule has 3 heteroatoms. The molecule has 0 aliphatic rings. The summed E-state index contributed by atoms with van der Waals surface area (Å²) in [6.45, 7) is 0.0279. The van der Waals surface area contributed by atoms with Crippen LogP contribution in [0, 0.1) is 0 Å². The topological polar surface area (TPSA) is 33.1 Å². The zero-order valence-electron chi connectivity index (χ0n) is 5.44. The second kappa shape index (κ2) is 3.58. The SMILES string of the molecule is OCC(S)c1ccccn1. The predicted octanol–water partition coefficient (Wildman–Crippen LogP) is 1.04.